The van der Waals surface area contributed by atoms with Gasteiger partial charge in [-0.15, -0.1) is 5.10 Å². The summed E-state index contributed by atoms with van der Waals surface area (Å²) in [6.07, 6.45) is 1.08. The third kappa shape index (κ3) is 3.87. The first-order chi connectivity index (χ1) is 11.8. The minimum Gasteiger partial charge on any atom is -0.200 e. The third-order valence-corrected chi connectivity index (χ3v) is 5.28. The first-order valence-corrected chi connectivity index (χ1v) is 9.16. The molecule has 0 saturated heterocycles. The van der Waals surface area contributed by atoms with E-state index in [1.165, 1.54) is 24.3 Å². The van der Waals surface area contributed by atoms with Crippen molar-refractivity contribution < 1.29 is 21.6 Å². The Hall–Kier alpha value is -2.29. The van der Waals surface area contributed by atoms with Gasteiger partial charge in [0.1, 0.15) is 0 Å². The van der Waals surface area contributed by atoms with Gasteiger partial charge in [0.15, 0.2) is 5.69 Å². The molecular weight excluding hydrogens is 355 g/mol. The van der Waals surface area contributed by atoms with E-state index >= 15 is 0 Å². The summed E-state index contributed by atoms with van der Waals surface area (Å²) >= 11 is 0. The van der Waals surface area contributed by atoms with Crippen molar-refractivity contribution in [2.45, 2.75) is 36.3 Å². The van der Waals surface area contributed by atoms with Gasteiger partial charge in [-0.05, 0) is 37.5 Å². The van der Waals surface area contributed by atoms with Crippen LogP contribution in [0.1, 0.15) is 36.6 Å². The molecule has 0 spiro atoms. The quantitative estimate of drug-likeness (QED) is 0.835. The van der Waals surface area contributed by atoms with Gasteiger partial charge in [0.25, 0.3) is 10.0 Å². The van der Waals surface area contributed by atoms with Crippen molar-refractivity contribution in [2.75, 3.05) is 4.83 Å². The first-order valence-electron chi connectivity index (χ1n) is 7.67. The van der Waals surface area contributed by atoms with Crippen molar-refractivity contribution in [2.24, 2.45) is 0 Å². The minimum atomic E-state index is -4.65. The van der Waals surface area contributed by atoms with E-state index < -0.39 is 21.9 Å². The average molecular weight is 371 g/mol. The van der Waals surface area contributed by atoms with E-state index in [4.69, 9.17) is 0 Å². The molecule has 1 aliphatic rings. The molecule has 1 heterocycles. The van der Waals surface area contributed by atoms with Crippen LogP contribution in [0.2, 0.25) is 0 Å². The van der Waals surface area contributed by atoms with Crippen LogP contribution in [-0.4, -0.2) is 18.3 Å². The van der Waals surface area contributed by atoms with Gasteiger partial charge >= 0.3 is 6.18 Å². The van der Waals surface area contributed by atoms with E-state index in [2.05, 4.69) is 9.93 Å². The van der Waals surface area contributed by atoms with E-state index in [9.17, 15) is 21.6 Å². The van der Waals surface area contributed by atoms with Gasteiger partial charge < -0.3 is 0 Å². The Balaban J connectivity index is 1.99. The Morgan fingerprint density at radius 3 is 2.48 bits per heavy atom. The lowest BCUT2D eigenvalue weighted by molar-refractivity contribution is -0.141. The second kappa shape index (κ2) is 6.55. The summed E-state index contributed by atoms with van der Waals surface area (Å²) in [4.78, 5) is 2.84. The fraction of sp³-hybridized carbons (Fsp3) is 0.312. The van der Waals surface area contributed by atoms with Crippen LogP contribution in [0.15, 0.2) is 53.4 Å². The summed E-state index contributed by atoms with van der Waals surface area (Å²) in [6.45, 7) is 0. The lowest BCUT2D eigenvalue weighted by Crippen LogP contribution is -2.27. The molecule has 0 aliphatic heterocycles. The molecule has 1 aliphatic carbocycles. The van der Waals surface area contributed by atoms with Gasteiger partial charge in [-0.25, -0.2) is 0 Å². The second-order valence-corrected chi connectivity index (χ2v) is 7.41. The van der Waals surface area contributed by atoms with Gasteiger partial charge in [-0.3, -0.25) is 0 Å². The number of alkyl halides is 3. The van der Waals surface area contributed by atoms with Crippen molar-refractivity contribution in [1.82, 2.24) is 9.89 Å². The third-order valence-electron chi connectivity index (χ3n) is 3.97. The summed E-state index contributed by atoms with van der Waals surface area (Å²) in [7, 11) is -4.04. The maximum Gasteiger partial charge on any atom is 0.435 e. The van der Waals surface area contributed by atoms with Gasteiger partial charge in [-0.1, -0.05) is 30.4 Å². The minimum absolute atomic E-state index is 0.0476. The summed E-state index contributed by atoms with van der Waals surface area (Å²) in [5, 5.41) is 3.44. The SMILES string of the molecule is O=S(=O)(Nn1nc(C(F)(F)F)cc1C1CC=CCC1)c1ccccc1. The van der Waals surface area contributed by atoms with Crippen molar-refractivity contribution in [3.63, 3.8) is 0 Å². The molecule has 0 radical (unpaired) electrons. The molecule has 9 heteroatoms. The van der Waals surface area contributed by atoms with Crippen molar-refractivity contribution >= 4 is 10.0 Å². The average Bonchev–Trinajstić information content (AvgIpc) is 3.00. The Labute approximate surface area is 143 Å². The van der Waals surface area contributed by atoms with Gasteiger partial charge in [0.2, 0.25) is 0 Å². The van der Waals surface area contributed by atoms with Crippen LogP contribution >= 0.6 is 0 Å². The molecular formula is C16H16F3N3O2S. The first kappa shape index (κ1) is 17.5. The molecule has 2 aromatic rings. The Bertz CT molecular complexity index is 874. The van der Waals surface area contributed by atoms with E-state index in [1.54, 1.807) is 6.07 Å². The predicted molar refractivity (Wildman–Crippen MR) is 85.9 cm³/mol. The van der Waals surface area contributed by atoms with Crippen LogP contribution in [0.4, 0.5) is 13.2 Å². The number of rotatable bonds is 4. The highest BCUT2D eigenvalue weighted by Gasteiger charge is 2.36. The van der Waals surface area contributed by atoms with Crippen LogP contribution in [0.5, 0.6) is 0 Å². The number of sulfonamides is 1. The van der Waals surface area contributed by atoms with Crippen molar-refractivity contribution in [3.05, 3.63) is 59.9 Å². The Morgan fingerprint density at radius 2 is 1.88 bits per heavy atom. The Morgan fingerprint density at radius 1 is 1.16 bits per heavy atom. The highest BCUT2D eigenvalue weighted by Crippen LogP contribution is 2.34. The molecule has 1 atom stereocenters. The summed E-state index contributed by atoms with van der Waals surface area (Å²) in [5.74, 6) is -0.230. The molecule has 134 valence electrons. The zero-order chi connectivity index (χ0) is 18.1. The molecule has 0 saturated carbocycles. The molecule has 3 rings (SSSR count). The summed E-state index contributed by atoms with van der Waals surface area (Å²) in [5.41, 5.74) is -0.913. The highest BCUT2D eigenvalue weighted by atomic mass is 32.2. The second-order valence-electron chi connectivity index (χ2n) is 5.75. The number of hydrogen-bond donors (Lipinski definition) is 1. The topological polar surface area (TPSA) is 64.0 Å². The van der Waals surface area contributed by atoms with Gasteiger partial charge in [-0.2, -0.15) is 31.2 Å². The van der Waals surface area contributed by atoms with E-state index in [0.29, 0.717) is 12.8 Å². The van der Waals surface area contributed by atoms with Crippen molar-refractivity contribution in [3.8, 4) is 0 Å². The molecule has 0 bridgehead atoms. The molecule has 1 aromatic heterocycles. The summed E-state index contributed by atoms with van der Waals surface area (Å²) < 4.78 is 64.0. The van der Waals surface area contributed by atoms with E-state index in [1.807, 2.05) is 12.2 Å². The number of benzene rings is 1. The van der Waals surface area contributed by atoms with Crippen LogP contribution < -0.4 is 4.83 Å². The molecule has 1 N–H and O–H groups in total. The molecule has 5 nitrogen and oxygen atoms in total. The monoisotopic (exact) mass is 371 g/mol. The number of nitrogens with one attached hydrogen (secondary N) is 1. The number of nitrogens with zero attached hydrogens (tertiary/aromatic N) is 2. The molecule has 1 aromatic carbocycles. The fourth-order valence-electron chi connectivity index (χ4n) is 2.73. The maximum atomic E-state index is 13.0. The number of halogens is 3. The van der Waals surface area contributed by atoms with Crippen LogP contribution in [-0.2, 0) is 16.2 Å². The lowest BCUT2D eigenvalue weighted by atomic mass is 9.91. The molecule has 1 unspecified atom stereocenters. The number of allylic oxidation sites excluding steroid dienone is 2. The zero-order valence-corrected chi connectivity index (χ0v) is 13.9. The van der Waals surface area contributed by atoms with E-state index in [-0.39, 0.29) is 16.5 Å². The fourth-order valence-corrected chi connectivity index (χ4v) is 3.72. The van der Waals surface area contributed by atoms with Crippen LogP contribution in [0.3, 0.4) is 0 Å². The van der Waals surface area contributed by atoms with Crippen molar-refractivity contribution in [1.29, 1.82) is 0 Å². The summed E-state index contributed by atoms with van der Waals surface area (Å²) in [6, 6.07) is 8.35. The number of aromatic nitrogens is 2. The smallest absolute Gasteiger partial charge is 0.200 e. The largest absolute Gasteiger partial charge is 0.435 e. The molecule has 0 amide bonds. The predicted octanol–water partition coefficient (Wildman–Crippen LogP) is 3.66. The molecule has 25 heavy (non-hydrogen) atoms. The molecule has 0 fully saturated rings. The van der Waals surface area contributed by atoms with E-state index in [0.717, 1.165) is 17.3 Å². The van der Waals surface area contributed by atoms with Crippen LogP contribution in [0, 0.1) is 0 Å². The normalized spacial score (nSPS) is 18.3. The zero-order valence-electron chi connectivity index (χ0n) is 13.1. The standard InChI is InChI=1S/C16H16F3N3O2S/c17-16(18,19)15-11-14(12-7-3-1-4-8-12)22(20-15)21-25(23,24)13-9-5-2-6-10-13/h1-3,5-6,9-12,21H,4,7-8H2. The maximum absolute atomic E-state index is 13.0. The Kier molecular flexibility index (Phi) is 4.59. The van der Waals surface area contributed by atoms with Gasteiger partial charge in [0.05, 0.1) is 10.6 Å². The lowest BCUT2D eigenvalue weighted by Gasteiger charge is -2.19. The van der Waals surface area contributed by atoms with Gasteiger partial charge in [0, 0.05) is 5.92 Å². The highest BCUT2D eigenvalue weighted by molar-refractivity contribution is 7.92. The number of hydrogen-bond acceptors (Lipinski definition) is 3. The van der Waals surface area contributed by atoms with Crippen LogP contribution in [0.25, 0.3) is 0 Å².